The van der Waals surface area contributed by atoms with Crippen LogP contribution in [0.2, 0.25) is 0 Å². The van der Waals surface area contributed by atoms with E-state index >= 15 is 0 Å². The van der Waals surface area contributed by atoms with E-state index in [1.165, 1.54) is 11.1 Å². The van der Waals surface area contributed by atoms with Crippen LogP contribution in [0.15, 0.2) is 36.4 Å². The maximum Gasteiger partial charge on any atom is 0.118 e. The highest BCUT2D eigenvalue weighted by Crippen LogP contribution is 2.42. The number of hydrogen-bond acceptors (Lipinski definition) is 2. The molecule has 0 radical (unpaired) electrons. The Hall–Kier alpha value is -1.80. The zero-order chi connectivity index (χ0) is 19.7. The molecule has 2 rings (SSSR count). The largest absolute Gasteiger partial charge is 0.508 e. The van der Waals surface area contributed by atoms with Crippen molar-refractivity contribution in [1.29, 1.82) is 0 Å². The van der Waals surface area contributed by atoms with E-state index in [-0.39, 0.29) is 10.8 Å². The van der Waals surface area contributed by atoms with Gasteiger partial charge in [-0.1, -0.05) is 65.0 Å². The van der Waals surface area contributed by atoms with E-state index in [2.05, 4.69) is 65.8 Å². The highest BCUT2D eigenvalue weighted by Gasteiger charge is 2.32. The maximum atomic E-state index is 10.7. The lowest BCUT2D eigenvalue weighted by Gasteiger charge is -2.35. The molecule has 0 spiro atoms. The summed E-state index contributed by atoms with van der Waals surface area (Å²) in [6.07, 6.45) is 1.48. The first-order valence-electron chi connectivity index (χ1n) is 9.66. The summed E-state index contributed by atoms with van der Waals surface area (Å²) in [7, 11) is 0. The highest BCUT2D eigenvalue weighted by molar-refractivity contribution is 5.47. The molecule has 0 aromatic heterocycles. The molecule has 26 heavy (non-hydrogen) atoms. The number of aromatic hydroxyl groups is 1. The van der Waals surface area contributed by atoms with Crippen LogP contribution in [-0.2, 0) is 5.41 Å². The first-order valence-corrected chi connectivity index (χ1v) is 9.66. The van der Waals surface area contributed by atoms with E-state index in [0.717, 1.165) is 29.5 Å². The van der Waals surface area contributed by atoms with Crippen LogP contribution < -0.4 is 0 Å². The topological polar surface area (TPSA) is 40.5 Å². The molecular formula is C24H34O2. The van der Waals surface area contributed by atoms with Gasteiger partial charge in [0.15, 0.2) is 0 Å². The minimum atomic E-state index is -0.481. The van der Waals surface area contributed by atoms with E-state index in [9.17, 15) is 10.2 Å². The summed E-state index contributed by atoms with van der Waals surface area (Å²) in [5.41, 5.74) is 5.28. The van der Waals surface area contributed by atoms with Gasteiger partial charge < -0.3 is 10.2 Å². The van der Waals surface area contributed by atoms with Crippen LogP contribution >= 0.6 is 0 Å². The third-order valence-electron chi connectivity index (χ3n) is 5.89. The Morgan fingerprint density at radius 3 is 1.77 bits per heavy atom. The standard InChI is InChI=1S/C24H34O2/c1-8-24(9-2,19-11-13-21(25)17(4)15-19)18-10-12-20(16(3)14-18)22(26)23(5,6)7/h10-15,22,25-26H,8-9H2,1-7H3. The van der Waals surface area contributed by atoms with Crippen LogP contribution in [0.25, 0.3) is 0 Å². The molecule has 0 saturated heterocycles. The molecule has 0 heterocycles. The fourth-order valence-corrected chi connectivity index (χ4v) is 3.93. The van der Waals surface area contributed by atoms with Gasteiger partial charge in [0.05, 0.1) is 6.10 Å². The minimum Gasteiger partial charge on any atom is -0.508 e. The number of phenols is 1. The summed E-state index contributed by atoms with van der Waals surface area (Å²) in [5, 5.41) is 20.6. The van der Waals surface area contributed by atoms with Crippen molar-refractivity contribution in [2.45, 2.75) is 72.8 Å². The summed E-state index contributed by atoms with van der Waals surface area (Å²) in [5.74, 6) is 0.342. The maximum absolute atomic E-state index is 10.7. The molecule has 0 saturated carbocycles. The van der Waals surface area contributed by atoms with Gasteiger partial charge in [-0.25, -0.2) is 0 Å². The van der Waals surface area contributed by atoms with Gasteiger partial charge in [0.2, 0.25) is 0 Å². The predicted molar refractivity (Wildman–Crippen MR) is 110 cm³/mol. The van der Waals surface area contributed by atoms with Crippen molar-refractivity contribution in [1.82, 2.24) is 0 Å². The lowest BCUT2D eigenvalue weighted by atomic mass is 9.69. The molecular weight excluding hydrogens is 320 g/mol. The van der Waals surface area contributed by atoms with Crippen LogP contribution in [0.5, 0.6) is 5.75 Å². The number of aliphatic hydroxyl groups is 1. The summed E-state index contributed by atoms with van der Waals surface area (Å²) < 4.78 is 0. The number of aryl methyl sites for hydroxylation is 2. The van der Waals surface area contributed by atoms with Gasteiger partial charge in [-0.15, -0.1) is 0 Å². The Balaban J connectivity index is 2.57. The Kier molecular flexibility index (Phi) is 5.87. The Morgan fingerprint density at radius 1 is 0.846 bits per heavy atom. The van der Waals surface area contributed by atoms with Crippen molar-refractivity contribution in [2.24, 2.45) is 5.41 Å². The van der Waals surface area contributed by atoms with Gasteiger partial charge in [-0.2, -0.15) is 0 Å². The van der Waals surface area contributed by atoms with Crippen molar-refractivity contribution in [3.05, 3.63) is 64.2 Å². The van der Waals surface area contributed by atoms with Gasteiger partial charge in [-0.05, 0) is 66.0 Å². The minimum absolute atomic E-state index is 0.0889. The molecule has 0 aliphatic rings. The van der Waals surface area contributed by atoms with Crippen molar-refractivity contribution in [2.75, 3.05) is 0 Å². The molecule has 0 bridgehead atoms. The van der Waals surface area contributed by atoms with Crippen LogP contribution in [0.1, 0.15) is 81.4 Å². The second-order valence-electron chi connectivity index (χ2n) is 8.63. The number of phenolic OH excluding ortho intramolecular Hbond substituents is 1. The molecule has 0 aliphatic heterocycles. The molecule has 2 aromatic carbocycles. The SMILES string of the molecule is CCC(CC)(c1ccc(O)c(C)c1)c1ccc(C(O)C(C)(C)C)c(C)c1. The summed E-state index contributed by atoms with van der Waals surface area (Å²) in [6.45, 7) is 14.7. The smallest absolute Gasteiger partial charge is 0.118 e. The lowest BCUT2D eigenvalue weighted by Crippen LogP contribution is -2.27. The third kappa shape index (κ3) is 3.66. The van der Waals surface area contributed by atoms with Gasteiger partial charge in [0.25, 0.3) is 0 Å². The third-order valence-corrected chi connectivity index (χ3v) is 5.89. The van der Waals surface area contributed by atoms with Gasteiger partial charge in [0.1, 0.15) is 5.75 Å². The zero-order valence-corrected chi connectivity index (χ0v) is 17.4. The highest BCUT2D eigenvalue weighted by atomic mass is 16.3. The van der Waals surface area contributed by atoms with E-state index in [1.54, 1.807) is 6.07 Å². The van der Waals surface area contributed by atoms with Crippen molar-refractivity contribution < 1.29 is 10.2 Å². The van der Waals surface area contributed by atoms with Crippen molar-refractivity contribution in [3.8, 4) is 5.75 Å². The zero-order valence-electron chi connectivity index (χ0n) is 17.4. The number of aliphatic hydroxyl groups excluding tert-OH is 1. The van der Waals surface area contributed by atoms with E-state index in [0.29, 0.717) is 5.75 Å². The molecule has 2 aromatic rings. The first kappa shape index (κ1) is 20.5. The van der Waals surface area contributed by atoms with Crippen molar-refractivity contribution in [3.63, 3.8) is 0 Å². The molecule has 2 heteroatoms. The molecule has 0 fully saturated rings. The van der Waals surface area contributed by atoms with Crippen LogP contribution in [-0.4, -0.2) is 10.2 Å². The van der Waals surface area contributed by atoms with Crippen molar-refractivity contribution >= 4 is 0 Å². The Labute approximate surface area is 158 Å². The van der Waals surface area contributed by atoms with Crippen LogP contribution in [0.3, 0.4) is 0 Å². The van der Waals surface area contributed by atoms with E-state index < -0.39 is 6.10 Å². The summed E-state index contributed by atoms with van der Waals surface area (Å²) in [4.78, 5) is 0. The Bertz CT molecular complexity index is 764. The second-order valence-corrected chi connectivity index (χ2v) is 8.63. The molecule has 1 unspecified atom stereocenters. The molecule has 1 atom stereocenters. The number of benzene rings is 2. The van der Waals surface area contributed by atoms with Crippen LogP contribution in [0, 0.1) is 19.3 Å². The average molecular weight is 355 g/mol. The molecule has 0 amide bonds. The normalized spacial score (nSPS) is 13.7. The number of rotatable bonds is 5. The van der Waals surface area contributed by atoms with Gasteiger partial charge >= 0.3 is 0 Å². The second kappa shape index (κ2) is 7.44. The van der Waals surface area contributed by atoms with Crippen LogP contribution in [0.4, 0.5) is 0 Å². The van der Waals surface area contributed by atoms with Gasteiger partial charge in [-0.3, -0.25) is 0 Å². The Morgan fingerprint density at radius 2 is 1.35 bits per heavy atom. The fourth-order valence-electron chi connectivity index (χ4n) is 3.93. The number of hydrogen-bond donors (Lipinski definition) is 2. The predicted octanol–water partition coefficient (Wildman–Crippen LogP) is 6.19. The lowest BCUT2D eigenvalue weighted by molar-refractivity contribution is 0.0621. The average Bonchev–Trinajstić information content (AvgIpc) is 2.58. The monoisotopic (exact) mass is 354 g/mol. The molecule has 2 nitrogen and oxygen atoms in total. The molecule has 142 valence electrons. The first-order chi connectivity index (χ1) is 12.1. The summed E-state index contributed by atoms with van der Waals surface area (Å²) >= 11 is 0. The fraction of sp³-hybridized carbons (Fsp3) is 0.500. The quantitative estimate of drug-likeness (QED) is 0.671. The van der Waals surface area contributed by atoms with E-state index in [4.69, 9.17) is 0 Å². The van der Waals surface area contributed by atoms with E-state index in [1.807, 2.05) is 13.0 Å². The van der Waals surface area contributed by atoms with Gasteiger partial charge in [0, 0.05) is 5.41 Å². The molecule has 0 aliphatic carbocycles. The molecule has 2 N–H and O–H groups in total. The summed E-state index contributed by atoms with van der Waals surface area (Å²) in [6, 6.07) is 12.5.